The molecule has 0 aliphatic rings. The summed E-state index contributed by atoms with van der Waals surface area (Å²) in [6.07, 6.45) is 2.07. The van der Waals surface area contributed by atoms with Crippen molar-refractivity contribution in [1.82, 2.24) is 9.80 Å². The SMILES string of the molecule is COc1cc(C)c(CN(C)C(=O)CN(C)Cc2ccc(SC)cc2)cc1OC. The van der Waals surface area contributed by atoms with Gasteiger partial charge in [-0.15, -0.1) is 11.8 Å². The first-order valence-corrected chi connectivity index (χ1v) is 10.4. The minimum atomic E-state index is 0.0809. The Hall–Kier alpha value is -2.18. The molecule has 0 saturated heterocycles. The number of aryl methyl sites for hydroxylation is 1. The van der Waals surface area contributed by atoms with Gasteiger partial charge in [-0.05, 0) is 61.2 Å². The number of nitrogens with zero attached hydrogens (tertiary/aromatic N) is 2. The molecule has 0 spiro atoms. The van der Waals surface area contributed by atoms with E-state index in [1.165, 1.54) is 10.5 Å². The van der Waals surface area contributed by atoms with E-state index in [2.05, 4.69) is 30.5 Å². The summed E-state index contributed by atoms with van der Waals surface area (Å²) < 4.78 is 10.7. The molecule has 152 valence electrons. The lowest BCUT2D eigenvalue weighted by atomic mass is 10.1. The molecule has 0 atom stereocenters. The van der Waals surface area contributed by atoms with Gasteiger partial charge in [-0.25, -0.2) is 0 Å². The maximum Gasteiger partial charge on any atom is 0.236 e. The fourth-order valence-corrected chi connectivity index (χ4v) is 3.40. The lowest BCUT2D eigenvalue weighted by Crippen LogP contribution is -2.36. The van der Waals surface area contributed by atoms with Gasteiger partial charge in [0, 0.05) is 25.0 Å². The van der Waals surface area contributed by atoms with Crippen molar-refractivity contribution in [3.05, 3.63) is 53.1 Å². The van der Waals surface area contributed by atoms with Gasteiger partial charge in [-0.1, -0.05) is 12.1 Å². The Morgan fingerprint density at radius 2 is 1.61 bits per heavy atom. The van der Waals surface area contributed by atoms with Crippen molar-refractivity contribution in [2.45, 2.75) is 24.9 Å². The Bertz CT molecular complexity index is 793. The molecule has 0 N–H and O–H groups in total. The number of hydrogen-bond acceptors (Lipinski definition) is 5. The van der Waals surface area contributed by atoms with Gasteiger partial charge in [-0.3, -0.25) is 9.69 Å². The summed E-state index contributed by atoms with van der Waals surface area (Å²) >= 11 is 1.73. The highest BCUT2D eigenvalue weighted by atomic mass is 32.2. The van der Waals surface area contributed by atoms with E-state index in [9.17, 15) is 4.79 Å². The first-order chi connectivity index (χ1) is 13.4. The van der Waals surface area contributed by atoms with Crippen LogP contribution >= 0.6 is 11.8 Å². The molecule has 0 aromatic heterocycles. The van der Waals surface area contributed by atoms with E-state index in [1.807, 2.05) is 38.1 Å². The zero-order valence-electron chi connectivity index (χ0n) is 17.6. The summed E-state index contributed by atoms with van der Waals surface area (Å²) in [7, 11) is 7.04. The van der Waals surface area contributed by atoms with E-state index in [0.29, 0.717) is 24.6 Å². The number of carbonyl (C=O) groups is 1. The van der Waals surface area contributed by atoms with Gasteiger partial charge in [0.05, 0.1) is 20.8 Å². The van der Waals surface area contributed by atoms with E-state index >= 15 is 0 Å². The van der Waals surface area contributed by atoms with Gasteiger partial charge in [0.2, 0.25) is 5.91 Å². The zero-order valence-corrected chi connectivity index (χ0v) is 18.4. The van der Waals surface area contributed by atoms with E-state index in [4.69, 9.17) is 9.47 Å². The van der Waals surface area contributed by atoms with Gasteiger partial charge < -0.3 is 14.4 Å². The van der Waals surface area contributed by atoms with Gasteiger partial charge in [0.15, 0.2) is 11.5 Å². The Kier molecular flexibility index (Phi) is 8.20. The summed E-state index contributed by atoms with van der Waals surface area (Å²) in [5.74, 6) is 1.46. The number of hydrogen-bond donors (Lipinski definition) is 0. The lowest BCUT2D eigenvalue weighted by molar-refractivity contribution is -0.131. The molecule has 0 saturated carbocycles. The second-order valence-electron chi connectivity index (χ2n) is 6.90. The van der Waals surface area contributed by atoms with E-state index in [0.717, 1.165) is 17.7 Å². The van der Waals surface area contributed by atoms with Crippen LogP contribution in [0.3, 0.4) is 0 Å². The van der Waals surface area contributed by atoms with Crippen LogP contribution in [0.5, 0.6) is 11.5 Å². The number of likely N-dealkylation sites (N-methyl/N-ethyl adjacent to an activating group) is 2. The molecular formula is C22H30N2O3S. The van der Waals surface area contributed by atoms with Crippen LogP contribution in [0.1, 0.15) is 16.7 Å². The summed E-state index contributed by atoms with van der Waals surface area (Å²) in [5, 5.41) is 0. The molecule has 5 nitrogen and oxygen atoms in total. The van der Waals surface area contributed by atoms with Crippen LogP contribution in [0.15, 0.2) is 41.3 Å². The molecule has 0 aliphatic heterocycles. The molecule has 0 fully saturated rings. The third kappa shape index (κ3) is 5.91. The molecular weight excluding hydrogens is 372 g/mol. The second-order valence-corrected chi connectivity index (χ2v) is 7.78. The molecule has 2 aromatic carbocycles. The van der Waals surface area contributed by atoms with Crippen LogP contribution in [-0.2, 0) is 17.9 Å². The van der Waals surface area contributed by atoms with Crippen molar-refractivity contribution in [2.75, 3.05) is 41.1 Å². The average Bonchev–Trinajstić information content (AvgIpc) is 2.69. The van der Waals surface area contributed by atoms with Crippen molar-refractivity contribution in [2.24, 2.45) is 0 Å². The number of rotatable bonds is 9. The van der Waals surface area contributed by atoms with E-state index in [-0.39, 0.29) is 5.91 Å². The lowest BCUT2D eigenvalue weighted by Gasteiger charge is -2.23. The Labute approximate surface area is 172 Å². The molecule has 0 unspecified atom stereocenters. The maximum absolute atomic E-state index is 12.7. The van der Waals surface area contributed by atoms with Crippen LogP contribution in [-0.4, -0.2) is 56.8 Å². The van der Waals surface area contributed by atoms with Gasteiger partial charge in [0.25, 0.3) is 0 Å². The topological polar surface area (TPSA) is 42.0 Å². The highest BCUT2D eigenvalue weighted by molar-refractivity contribution is 7.98. The normalized spacial score (nSPS) is 10.8. The van der Waals surface area contributed by atoms with Crippen molar-refractivity contribution < 1.29 is 14.3 Å². The number of carbonyl (C=O) groups excluding carboxylic acids is 1. The molecule has 0 radical (unpaired) electrons. The molecule has 0 heterocycles. The first kappa shape index (κ1) is 22.1. The zero-order chi connectivity index (χ0) is 20.7. The molecule has 0 aliphatic carbocycles. The van der Waals surface area contributed by atoms with Gasteiger partial charge in [0.1, 0.15) is 0 Å². The van der Waals surface area contributed by atoms with Crippen molar-refractivity contribution in [3.8, 4) is 11.5 Å². The predicted molar refractivity (Wildman–Crippen MR) is 115 cm³/mol. The quantitative estimate of drug-likeness (QED) is 0.597. The summed E-state index contributed by atoms with van der Waals surface area (Å²) in [6.45, 7) is 3.65. The minimum absolute atomic E-state index is 0.0809. The summed E-state index contributed by atoms with van der Waals surface area (Å²) in [6, 6.07) is 12.3. The predicted octanol–water partition coefficient (Wildman–Crippen LogP) is 3.82. The number of methoxy groups -OCH3 is 2. The summed E-state index contributed by atoms with van der Waals surface area (Å²) in [4.78, 5) is 17.7. The third-order valence-corrected chi connectivity index (χ3v) is 5.44. The molecule has 0 bridgehead atoms. The Balaban J connectivity index is 1.96. The highest BCUT2D eigenvalue weighted by Crippen LogP contribution is 2.30. The maximum atomic E-state index is 12.7. The monoisotopic (exact) mass is 402 g/mol. The van der Waals surface area contributed by atoms with Gasteiger partial charge in [-0.2, -0.15) is 0 Å². The molecule has 28 heavy (non-hydrogen) atoms. The third-order valence-electron chi connectivity index (χ3n) is 4.69. The number of benzene rings is 2. The molecule has 2 rings (SSSR count). The molecule has 2 aromatic rings. The number of thioether (sulfide) groups is 1. The Morgan fingerprint density at radius 3 is 2.18 bits per heavy atom. The van der Waals surface area contributed by atoms with Gasteiger partial charge >= 0.3 is 0 Å². The number of amides is 1. The first-order valence-electron chi connectivity index (χ1n) is 9.14. The number of ether oxygens (including phenoxy) is 2. The smallest absolute Gasteiger partial charge is 0.236 e. The molecule has 1 amide bonds. The van der Waals surface area contributed by atoms with Crippen LogP contribution in [0, 0.1) is 6.92 Å². The fraction of sp³-hybridized carbons (Fsp3) is 0.409. The summed E-state index contributed by atoms with van der Waals surface area (Å²) in [5.41, 5.74) is 3.31. The average molecular weight is 403 g/mol. The van der Waals surface area contributed by atoms with Crippen LogP contribution in [0.4, 0.5) is 0 Å². The van der Waals surface area contributed by atoms with E-state index in [1.54, 1.807) is 30.9 Å². The van der Waals surface area contributed by atoms with Crippen molar-refractivity contribution in [1.29, 1.82) is 0 Å². The standard InChI is InChI=1S/C22H30N2O3S/c1-16-11-20(26-4)21(27-5)12-18(16)14-24(3)22(25)15-23(2)13-17-7-9-19(28-6)10-8-17/h7-12H,13-15H2,1-6H3. The largest absolute Gasteiger partial charge is 0.493 e. The van der Waals surface area contributed by atoms with Crippen molar-refractivity contribution in [3.63, 3.8) is 0 Å². The van der Waals surface area contributed by atoms with Crippen LogP contribution < -0.4 is 9.47 Å². The van der Waals surface area contributed by atoms with Crippen LogP contribution in [0.2, 0.25) is 0 Å². The fourth-order valence-electron chi connectivity index (χ4n) is 2.99. The second kappa shape index (κ2) is 10.4. The van der Waals surface area contributed by atoms with Crippen molar-refractivity contribution >= 4 is 17.7 Å². The molecule has 6 heteroatoms. The van der Waals surface area contributed by atoms with Crippen LogP contribution in [0.25, 0.3) is 0 Å². The highest BCUT2D eigenvalue weighted by Gasteiger charge is 2.15. The van der Waals surface area contributed by atoms with E-state index < -0.39 is 0 Å². The Morgan fingerprint density at radius 1 is 1.00 bits per heavy atom. The minimum Gasteiger partial charge on any atom is -0.493 e.